The van der Waals surface area contributed by atoms with E-state index in [1.54, 1.807) is 0 Å². The quantitative estimate of drug-likeness (QED) is 0.849. The van der Waals surface area contributed by atoms with Crippen molar-refractivity contribution in [2.45, 2.75) is 26.3 Å². The van der Waals surface area contributed by atoms with Crippen LogP contribution in [0.4, 0.5) is 5.69 Å². The number of anilines is 1. The van der Waals surface area contributed by atoms with Crippen LogP contribution in [0, 0.1) is 13.8 Å². The standard InChI is InChI=1S/C20H26N4O2/c1-15-13-16(2)24(21-15)19-7-8-23(14-19)20(25)17-3-5-18(6-4-17)22-9-11-26-12-10-22/h3-6,13,19H,7-12,14H2,1-2H3/t19-/m1/s1. The third-order valence-corrected chi connectivity index (χ3v) is 5.33. The van der Waals surface area contributed by atoms with Crippen LogP contribution in [0.25, 0.3) is 0 Å². The van der Waals surface area contributed by atoms with E-state index in [2.05, 4.69) is 27.7 Å². The zero-order valence-electron chi connectivity index (χ0n) is 15.5. The van der Waals surface area contributed by atoms with Crippen molar-refractivity contribution in [1.29, 1.82) is 0 Å². The van der Waals surface area contributed by atoms with Crippen molar-refractivity contribution >= 4 is 11.6 Å². The molecule has 0 radical (unpaired) electrons. The SMILES string of the molecule is Cc1cc(C)n([C@@H]2CCN(C(=O)c3ccc(N4CCOCC4)cc3)C2)n1. The Morgan fingerprint density at radius 3 is 2.50 bits per heavy atom. The van der Waals surface area contributed by atoms with Gasteiger partial charge < -0.3 is 14.5 Å². The third kappa shape index (κ3) is 3.33. The molecule has 0 aliphatic carbocycles. The number of carbonyl (C=O) groups is 1. The van der Waals surface area contributed by atoms with Crippen LogP contribution in [0.2, 0.25) is 0 Å². The molecule has 2 aliphatic rings. The van der Waals surface area contributed by atoms with Crippen LogP contribution in [0.3, 0.4) is 0 Å². The van der Waals surface area contributed by atoms with Crippen LogP contribution in [-0.2, 0) is 4.74 Å². The molecule has 1 aromatic carbocycles. The van der Waals surface area contributed by atoms with Crippen LogP contribution < -0.4 is 4.90 Å². The van der Waals surface area contributed by atoms with Gasteiger partial charge >= 0.3 is 0 Å². The molecule has 0 bridgehead atoms. The van der Waals surface area contributed by atoms with E-state index in [0.29, 0.717) is 0 Å². The third-order valence-electron chi connectivity index (χ3n) is 5.33. The van der Waals surface area contributed by atoms with Gasteiger partial charge in [-0.1, -0.05) is 0 Å². The summed E-state index contributed by atoms with van der Waals surface area (Å²) in [5, 5.41) is 4.59. The molecule has 2 aromatic rings. The van der Waals surface area contributed by atoms with Crippen molar-refractivity contribution in [3.8, 4) is 0 Å². The molecule has 0 N–H and O–H groups in total. The molecule has 1 atom stereocenters. The van der Waals surface area contributed by atoms with Gasteiger partial charge in [0.1, 0.15) is 0 Å². The molecule has 0 saturated carbocycles. The summed E-state index contributed by atoms with van der Waals surface area (Å²) >= 11 is 0. The van der Waals surface area contributed by atoms with Crippen molar-refractivity contribution in [3.63, 3.8) is 0 Å². The van der Waals surface area contributed by atoms with E-state index in [-0.39, 0.29) is 11.9 Å². The van der Waals surface area contributed by atoms with Crippen molar-refractivity contribution in [2.75, 3.05) is 44.3 Å². The normalized spacial score (nSPS) is 20.6. The Labute approximate surface area is 154 Å². The molecule has 138 valence electrons. The maximum absolute atomic E-state index is 12.9. The monoisotopic (exact) mass is 354 g/mol. The van der Waals surface area contributed by atoms with Gasteiger partial charge in [0.25, 0.3) is 5.91 Å². The number of aromatic nitrogens is 2. The highest BCUT2D eigenvalue weighted by molar-refractivity contribution is 5.94. The summed E-state index contributed by atoms with van der Waals surface area (Å²) in [5.41, 5.74) is 4.12. The highest BCUT2D eigenvalue weighted by atomic mass is 16.5. The molecular weight excluding hydrogens is 328 g/mol. The van der Waals surface area contributed by atoms with Gasteiger partial charge in [-0.2, -0.15) is 5.10 Å². The predicted octanol–water partition coefficient (Wildman–Crippen LogP) is 2.42. The smallest absolute Gasteiger partial charge is 0.253 e. The Hall–Kier alpha value is -2.34. The maximum Gasteiger partial charge on any atom is 0.253 e. The van der Waals surface area contributed by atoms with Gasteiger partial charge in [-0.05, 0) is 50.6 Å². The van der Waals surface area contributed by atoms with Gasteiger partial charge in [-0.3, -0.25) is 9.48 Å². The van der Waals surface area contributed by atoms with Crippen LogP contribution >= 0.6 is 0 Å². The van der Waals surface area contributed by atoms with Crippen LogP contribution in [0.1, 0.15) is 34.2 Å². The Morgan fingerprint density at radius 2 is 1.85 bits per heavy atom. The second-order valence-electron chi connectivity index (χ2n) is 7.21. The number of hydrogen-bond acceptors (Lipinski definition) is 4. The summed E-state index contributed by atoms with van der Waals surface area (Å²) in [4.78, 5) is 17.1. The molecule has 0 unspecified atom stereocenters. The van der Waals surface area contributed by atoms with Gasteiger partial charge in [-0.15, -0.1) is 0 Å². The second-order valence-corrected chi connectivity index (χ2v) is 7.21. The number of hydrogen-bond donors (Lipinski definition) is 0. The summed E-state index contributed by atoms with van der Waals surface area (Å²) in [7, 11) is 0. The van der Waals surface area contributed by atoms with Gasteiger partial charge in [0, 0.05) is 43.1 Å². The molecule has 3 heterocycles. The topological polar surface area (TPSA) is 50.6 Å². The minimum Gasteiger partial charge on any atom is -0.378 e. The molecule has 0 spiro atoms. The highest BCUT2D eigenvalue weighted by Crippen LogP contribution is 2.25. The van der Waals surface area contributed by atoms with Crippen molar-refractivity contribution < 1.29 is 9.53 Å². The molecule has 1 amide bonds. The number of nitrogens with zero attached hydrogens (tertiary/aromatic N) is 4. The fourth-order valence-electron chi connectivity index (χ4n) is 3.96. The number of carbonyl (C=O) groups excluding carboxylic acids is 1. The Morgan fingerprint density at radius 1 is 1.12 bits per heavy atom. The van der Waals surface area contributed by atoms with Crippen LogP contribution in [-0.4, -0.2) is 60.0 Å². The number of ether oxygens (including phenoxy) is 1. The van der Waals surface area contributed by atoms with Crippen LogP contribution in [0.5, 0.6) is 0 Å². The van der Waals surface area contributed by atoms with Gasteiger partial charge in [0.05, 0.1) is 24.9 Å². The van der Waals surface area contributed by atoms with Crippen molar-refractivity contribution in [2.24, 2.45) is 0 Å². The van der Waals surface area contributed by atoms with E-state index in [1.165, 1.54) is 0 Å². The minimum absolute atomic E-state index is 0.113. The predicted molar refractivity (Wildman–Crippen MR) is 101 cm³/mol. The molecule has 6 heteroatoms. The van der Waals surface area contributed by atoms with Gasteiger partial charge in [0.2, 0.25) is 0 Å². The van der Waals surface area contributed by atoms with Gasteiger partial charge in [-0.25, -0.2) is 0 Å². The van der Waals surface area contributed by atoms with E-state index >= 15 is 0 Å². The highest BCUT2D eigenvalue weighted by Gasteiger charge is 2.29. The number of amides is 1. The van der Waals surface area contributed by atoms with E-state index < -0.39 is 0 Å². The average molecular weight is 354 g/mol. The van der Waals surface area contributed by atoms with Crippen LogP contribution in [0.15, 0.2) is 30.3 Å². The summed E-state index contributed by atoms with van der Waals surface area (Å²) in [6.07, 6.45) is 0.958. The fourth-order valence-corrected chi connectivity index (χ4v) is 3.96. The Bertz CT molecular complexity index is 778. The van der Waals surface area contributed by atoms with E-state index in [0.717, 1.165) is 68.5 Å². The lowest BCUT2D eigenvalue weighted by molar-refractivity contribution is 0.0787. The lowest BCUT2D eigenvalue weighted by Crippen LogP contribution is -2.36. The molecule has 2 aliphatic heterocycles. The number of likely N-dealkylation sites (tertiary alicyclic amines) is 1. The van der Waals surface area contributed by atoms with E-state index in [1.807, 2.05) is 36.1 Å². The largest absolute Gasteiger partial charge is 0.378 e. The zero-order chi connectivity index (χ0) is 18.1. The number of morpholine rings is 1. The molecule has 6 nitrogen and oxygen atoms in total. The Balaban J connectivity index is 1.42. The summed E-state index contributed by atoms with van der Waals surface area (Å²) in [5.74, 6) is 0.113. The van der Waals surface area contributed by atoms with E-state index in [4.69, 9.17) is 4.74 Å². The molecule has 4 rings (SSSR count). The molecular formula is C20H26N4O2. The number of aryl methyl sites for hydroxylation is 2. The summed E-state index contributed by atoms with van der Waals surface area (Å²) < 4.78 is 7.47. The average Bonchev–Trinajstić information content (AvgIpc) is 3.28. The lowest BCUT2D eigenvalue weighted by Gasteiger charge is -2.29. The first-order valence-corrected chi connectivity index (χ1v) is 9.36. The number of rotatable bonds is 3. The fraction of sp³-hybridized carbons (Fsp3) is 0.500. The first-order valence-electron chi connectivity index (χ1n) is 9.36. The van der Waals surface area contributed by atoms with Gasteiger partial charge in [0.15, 0.2) is 0 Å². The van der Waals surface area contributed by atoms with E-state index in [9.17, 15) is 4.79 Å². The summed E-state index contributed by atoms with van der Waals surface area (Å²) in [6, 6.07) is 10.4. The number of benzene rings is 1. The Kier molecular flexibility index (Phi) is 4.68. The lowest BCUT2D eigenvalue weighted by atomic mass is 10.1. The molecule has 2 saturated heterocycles. The minimum atomic E-state index is 0.113. The maximum atomic E-state index is 12.9. The first kappa shape index (κ1) is 17.1. The molecule has 1 aromatic heterocycles. The second kappa shape index (κ2) is 7.11. The molecule has 26 heavy (non-hydrogen) atoms. The zero-order valence-corrected chi connectivity index (χ0v) is 15.5. The van der Waals surface area contributed by atoms with Crippen molar-refractivity contribution in [1.82, 2.24) is 14.7 Å². The first-order chi connectivity index (χ1) is 12.6. The molecule has 2 fully saturated rings. The summed E-state index contributed by atoms with van der Waals surface area (Å²) in [6.45, 7) is 8.95. The van der Waals surface area contributed by atoms with Crippen molar-refractivity contribution in [3.05, 3.63) is 47.3 Å².